The molecule has 0 spiro atoms. The highest BCUT2D eigenvalue weighted by Crippen LogP contribution is 2.25. The molecule has 1 aromatic carbocycles. The molecule has 1 aliphatic heterocycles. The third kappa shape index (κ3) is 4.25. The quantitative estimate of drug-likeness (QED) is 0.892. The van der Waals surface area contributed by atoms with Crippen LogP contribution in [0.4, 0.5) is 0 Å². The molecule has 0 radical (unpaired) electrons. The van der Waals surface area contributed by atoms with E-state index in [-0.39, 0.29) is 18.4 Å². The lowest BCUT2D eigenvalue weighted by Crippen LogP contribution is -2.49. The van der Waals surface area contributed by atoms with Crippen molar-refractivity contribution in [1.29, 1.82) is 0 Å². The van der Waals surface area contributed by atoms with Gasteiger partial charge in [-0.3, -0.25) is 9.59 Å². The molecular weight excluding hydrogens is 336 g/mol. The minimum atomic E-state index is -0.816. The summed E-state index contributed by atoms with van der Waals surface area (Å²) in [7, 11) is 0. The number of thiazole rings is 1. The lowest BCUT2D eigenvalue weighted by atomic mass is 9.90. The third-order valence-corrected chi connectivity index (χ3v) is 5.65. The second-order valence-electron chi connectivity index (χ2n) is 6.49. The van der Waals surface area contributed by atoms with Gasteiger partial charge in [0, 0.05) is 24.4 Å². The van der Waals surface area contributed by atoms with Gasteiger partial charge in [0.1, 0.15) is 0 Å². The van der Waals surface area contributed by atoms with Gasteiger partial charge >= 0.3 is 5.97 Å². The van der Waals surface area contributed by atoms with Crippen molar-refractivity contribution in [3.8, 4) is 0 Å². The monoisotopic (exact) mass is 358 g/mol. The summed E-state index contributed by atoms with van der Waals surface area (Å²) in [5.74, 6) is -1.32. The summed E-state index contributed by atoms with van der Waals surface area (Å²) in [6.07, 6.45) is 2.38. The van der Waals surface area contributed by atoms with E-state index >= 15 is 0 Å². The minimum absolute atomic E-state index is 0.0324. The largest absolute Gasteiger partial charge is 0.481 e. The lowest BCUT2D eigenvalue weighted by molar-refractivity contribution is -0.148. The Bertz CT molecular complexity index is 744. The molecule has 1 N–H and O–H groups in total. The van der Waals surface area contributed by atoms with Gasteiger partial charge in [0.15, 0.2) is 0 Å². The van der Waals surface area contributed by atoms with Crippen LogP contribution in [0.15, 0.2) is 35.7 Å². The van der Waals surface area contributed by atoms with Gasteiger partial charge in [-0.2, -0.15) is 0 Å². The van der Waals surface area contributed by atoms with Gasteiger partial charge in [-0.05, 0) is 25.3 Å². The number of likely N-dealkylation sites (tertiary alicyclic amines) is 1. The van der Waals surface area contributed by atoms with Gasteiger partial charge in [-0.15, -0.1) is 11.3 Å². The first kappa shape index (κ1) is 17.6. The van der Waals surface area contributed by atoms with Crippen LogP contribution in [0.3, 0.4) is 0 Å². The van der Waals surface area contributed by atoms with Gasteiger partial charge in [0.2, 0.25) is 5.91 Å². The summed E-state index contributed by atoms with van der Waals surface area (Å²) in [5, 5.41) is 12.2. The smallest absolute Gasteiger partial charge is 0.308 e. The molecule has 1 saturated heterocycles. The molecule has 132 valence electrons. The van der Waals surface area contributed by atoms with Gasteiger partial charge < -0.3 is 10.0 Å². The Morgan fingerprint density at radius 1 is 1.32 bits per heavy atom. The maximum Gasteiger partial charge on any atom is 0.308 e. The molecule has 2 heterocycles. The van der Waals surface area contributed by atoms with Crippen LogP contribution in [0, 0.1) is 5.92 Å². The van der Waals surface area contributed by atoms with E-state index in [2.05, 4.69) is 17.1 Å². The number of carboxylic acid groups (broad SMARTS) is 1. The van der Waals surface area contributed by atoms with Crippen LogP contribution in [0.1, 0.15) is 36.0 Å². The number of nitrogens with zero attached hydrogens (tertiary/aromatic N) is 2. The van der Waals surface area contributed by atoms with Gasteiger partial charge in [0.05, 0.1) is 23.0 Å². The number of aliphatic carboxylic acids is 1. The molecular formula is C19H22N2O3S. The highest BCUT2D eigenvalue weighted by Gasteiger charge is 2.35. The molecule has 0 bridgehead atoms. The predicted molar refractivity (Wildman–Crippen MR) is 96.6 cm³/mol. The van der Waals surface area contributed by atoms with Crippen molar-refractivity contribution in [2.75, 3.05) is 6.54 Å². The third-order valence-electron chi connectivity index (χ3n) is 4.76. The van der Waals surface area contributed by atoms with Crippen LogP contribution < -0.4 is 0 Å². The fourth-order valence-corrected chi connectivity index (χ4v) is 4.19. The van der Waals surface area contributed by atoms with E-state index < -0.39 is 11.9 Å². The van der Waals surface area contributed by atoms with E-state index in [1.165, 1.54) is 5.56 Å². The summed E-state index contributed by atoms with van der Waals surface area (Å²) >= 11 is 1.56. The van der Waals surface area contributed by atoms with E-state index in [0.717, 1.165) is 23.5 Å². The number of hydrogen-bond acceptors (Lipinski definition) is 4. The van der Waals surface area contributed by atoms with Crippen molar-refractivity contribution in [2.45, 2.75) is 38.6 Å². The summed E-state index contributed by atoms with van der Waals surface area (Å²) in [6.45, 7) is 2.46. The SMILES string of the molecule is C[C@@H]1[C@H](C(=O)O)CCCN1C(=O)Cc1csc(Cc2ccccc2)n1. The minimum Gasteiger partial charge on any atom is -0.481 e. The van der Waals surface area contributed by atoms with Crippen molar-refractivity contribution in [3.05, 3.63) is 52.0 Å². The number of carbonyl (C=O) groups is 2. The van der Waals surface area contributed by atoms with E-state index in [4.69, 9.17) is 0 Å². The number of piperidine rings is 1. The number of rotatable bonds is 5. The number of carbonyl (C=O) groups excluding carboxylic acids is 1. The molecule has 0 saturated carbocycles. The van der Waals surface area contributed by atoms with Gasteiger partial charge in [-0.1, -0.05) is 30.3 Å². The predicted octanol–water partition coefficient (Wildman–Crippen LogP) is 2.99. The van der Waals surface area contributed by atoms with Crippen LogP contribution in [-0.4, -0.2) is 39.5 Å². The highest BCUT2D eigenvalue weighted by atomic mass is 32.1. The normalized spacial score (nSPS) is 20.4. The number of aromatic nitrogens is 1. The molecule has 2 atom stereocenters. The molecule has 1 aromatic heterocycles. The van der Waals surface area contributed by atoms with E-state index in [9.17, 15) is 14.7 Å². The summed E-state index contributed by atoms with van der Waals surface area (Å²) in [6, 6.07) is 9.86. The Labute approximate surface area is 151 Å². The highest BCUT2D eigenvalue weighted by molar-refractivity contribution is 7.09. The summed E-state index contributed by atoms with van der Waals surface area (Å²) in [5.41, 5.74) is 1.97. The molecule has 6 heteroatoms. The molecule has 3 rings (SSSR count). The van der Waals surface area contributed by atoms with Crippen LogP contribution in [0.25, 0.3) is 0 Å². The molecule has 1 amide bonds. The van der Waals surface area contributed by atoms with Crippen molar-refractivity contribution in [2.24, 2.45) is 5.92 Å². The fraction of sp³-hybridized carbons (Fsp3) is 0.421. The van der Waals surface area contributed by atoms with E-state index in [0.29, 0.717) is 13.0 Å². The lowest BCUT2D eigenvalue weighted by Gasteiger charge is -2.37. The molecule has 0 unspecified atom stereocenters. The van der Waals surface area contributed by atoms with E-state index in [1.54, 1.807) is 16.2 Å². The zero-order valence-electron chi connectivity index (χ0n) is 14.2. The second-order valence-corrected chi connectivity index (χ2v) is 7.43. The van der Waals surface area contributed by atoms with Crippen molar-refractivity contribution in [1.82, 2.24) is 9.88 Å². The van der Waals surface area contributed by atoms with Gasteiger partial charge in [-0.25, -0.2) is 4.98 Å². The Kier molecular flexibility index (Phi) is 5.48. The zero-order valence-corrected chi connectivity index (χ0v) is 15.0. The molecule has 2 aromatic rings. The van der Waals surface area contributed by atoms with Crippen molar-refractivity contribution >= 4 is 23.2 Å². The van der Waals surface area contributed by atoms with Crippen LogP contribution >= 0.6 is 11.3 Å². The molecule has 1 fully saturated rings. The van der Waals surface area contributed by atoms with Gasteiger partial charge in [0.25, 0.3) is 0 Å². The van der Waals surface area contributed by atoms with Crippen LogP contribution in [0.2, 0.25) is 0 Å². The van der Waals surface area contributed by atoms with E-state index in [1.807, 2.05) is 30.5 Å². The summed E-state index contributed by atoms with van der Waals surface area (Å²) in [4.78, 5) is 30.2. The molecule has 5 nitrogen and oxygen atoms in total. The standard InChI is InChI=1S/C19H22N2O3S/c1-13-16(19(23)24)8-5-9-21(13)18(22)11-15-12-25-17(20-15)10-14-6-3-2-4-7-14/h2-4,6-7,12-13,16H,5,8-11H2,1H3,(H,23,24)/t13-,16-/m1/s1. The summed E-state index contributed by atoms with van der Waals surface area (Å²) < 4.78 is 0. The molecule has 0 aliphatic carbocycles. The molecule has 25 heavy (non-hydrogen) atoms. The fourth-order valence-electron chi connectivity index (χ4n) is 3.36. The number of hydrogen-bond donors (Lipinski definition) is 1. The average molecular weight is 358 g/mol. The Hall–Kier alpha value is -2.21. The Balaban J connectivity index is 1.62. The second kappa shape index (κ2) is 7.78. The topological polar surface area (TPSA) is 70.5 Å². The number of benzene rings is 1. The number of amides is 1. The number of carboxylic acids is 1. The van der Waals surface area contributed by atoms with Crippen LogP contribution in [-0.2, 0) is 22.4 Å². The maximum absolute atomic E-state index is 12.6. The Morgan fingerprint density at radius 3 is 2.80 bits per heavy atom. The maximum atomic E-state index is 12.6. The zero-order chi connectivity index (χ0) is 17.8. The van der Waals surface area contributed by atoms with Crippen molar-refractivity contribution in [3.63, 3.8) is 0 Å². The Morgan fingerprint density at radius 2 is 2.08 bits per heavy atom. The first-order valence-corrected chi connectivity index (χ1v) is 9.42. The van der Waals surface area contributed by atoms with Crippen molar-refractivity contribution < 1.29 is 14.7 Å². The average Bonchev–Trinajstić information content (AvgIpc) is 3.02. The molecule has 1 aliphatic rings. The van der Waals surface area contributed by atoms with Crippen LogP contribution in [0.5, 0.6) is 0 Å². The first-order chi connectivity index (χ1) is 12.0. The first-order valence-electron chi connectivity index (χ1n) is 8.54.